The van der Waals surface area contributed by atoms with E-state index in [1.54, 1.807) is 0 Å². The van der Waals surface area contributed by atoms with E-state index in [1.165, 1.54) is 33.4 Å². The molecule has 1 aliphatic carbocycles. The third-order valence-electron chi connectivity index (χ3n) is 5.79. The minimum absolute atomic E-state index is 0.150. The molecule has 1 aliphatic rings. The Hall–Kier alpha value is -2.28. The number of allylic oxidation sites excluding steroid dienone is 4. The largest absolute Gasteiger partial charge is 0.376 e. The van der Waals surface area contributed by atoms with Crippen molar-refractivity contribution in [3.05, 3.63) is 88.0 Å². The smallest absolute Gasteiger partial charge is 0.0572 e. The summed E-state index contributed by atoms with van der Waals surface area (Å²) in [7, 11) is 0. The van der Waals surface area contributed by atoms with Crippen molar-refractivity contribution in [2.75, 3.05) is 5.32 Å². The van der Waals surface area contributed by atoms with Crippen LogP contribution in [0.1, 0.15) is 58.6 Å². The first-order chi connectivity index (χ1) is 11.8. The fourth-order valence-corrected chi connectivity index (χ4v) is 4.08. The lowest BCUT2D eigenvalue weighted by molar-refractivity contribution is 0.599. The summed E-state index contributed by atoms with van der Waals surface area (Å²) in [4.78, 5) is 0. The Morgan fingerprint density at radius 1 is 0.720 bits per heavy atom. The maximum Gasteiger partial charge on any atom is 0.0572 e. The standard InChI is InChI=1S/C24H29N/c1-16-17(2)19(4)23(18(16)3)21-14-10-11-15-22(21)24(5,6)25-20-12-8-7-9-13-20/h7-15,23,25H,1-6H3. The quantitative estimate of drug-likeness (QED) is 0.649. The Morgan fingerprint density at radius 2 is 1.24 bits per heavy atom. The predicted molar refractivity (Wildman–Crippen MR) is 109 cm³/mol. The van der Waals surface area contributed by atoms with E-state index in [-0.39, 0.29) is 5.54 Å². The number of hydrogen-bond acceptors (Lipinski definition) is 1. The topological polar surface area (TPSA) is 12.0 Å². The van der Waals surface area contributed by atoms with Gasteiger partial charge < -0.3 is 5.32 Å². The molecule has 0 spiro atoms. The Labute approximate surface area is 152 Å². The Bertz CT molecular complexity index is 813. The lowest BCUT2D eigenvalue weighted by atomic mass is 9.80. The molecule has 0 bridgehead atoms. The normalized spacial score (nSPS) is 15.9. The first-order valence-corrected chi connectivity index (χ1v) is 9.10. The third kappa shape index (κ3) is 3.16. The van der Waals surface area contributed by atoms with Gasteiger partial charge >= 0.3 is 0 Å². The van der Waals surface area contributed by atoms with Crippen LogP contribution in [0.5, 0.6) is 0 Å². The predicted octanol–water partition coefficient (Wildman–Crippen LogP) is 6.80. The highest BCUT2D eigenvalue weighted by Crippen LogP contribution is 2.45. The molecule has 2 aromatic rings. The molecule has 0 fully saturated rings. The van der Waals surface area contributed by atoms with Gasteiger partial charge in [0.1, 0.15) is 0 Å². The van der Waals surface area contributed by atoms with Crippen molar-refractivity contribution in [1.82, 2.24) is 0 Å². The average molecular weight is 332 g/mol. The van der Waals surface area contributed by atoms with Crippen LogP contribution in [0.2, 0.25) is 0 Å². The zero-order valence-corrected chi connectivity index (χ0v) is 16.3. The van der Waals surface area contributed by atoms with Crippen molar-refractivity contribution in [2.45, 2.75) is 53.0 Å². The summed E-state index contributed by atoms with van der Waals surface area (Å²) < 4.78 is 0. The highest BCUT2D eigenvalue weighted by atomic mass is 15.0. The van der Waals surface area contributed by atoms with E-state index in [9.17, 15) is 0 Å². The number of para-hydroxylation sites is 1. The van der Waals surface area contributed by atoms with Crippen molar-refractivity contribution < 1.29 is 0 Å². The van der Waals surface area contributed by atoms with Gasteiger partial charge in [0.25, 0.3) is 0 Å². The molecule has 2 aromatic carbocycles. The van der Waals surface area contributed by atoms with E-state index in [0.717, 1.165) is 5.69 Å². The molecule has 3 rings (SSSR count). The van der Waals surface area contributed by atoms with Crippen LogP contribution in [0.15, 0.2) is 76.9 Å². The molecule has 25 heavy (non-hydrogen) atoms. The molecule has 0 unspecified atom stereocenters. The van der Waals surface area contributed by atoms with Gasteiger partial charge in [-0.25, -0.2) is 0 Å². The molecular weight excluding hydrogens is 302 g/mol. The molecule has 1 N–H and O–H groups in total. The second kappa shape index (κ2) is 6.55. The molecule has 0 atom stereocenters. The third-order valence-corrected chi connectivity index (χ3v) is 5.79. The number of benzene rings is 2. The molecule has 1 heteroatoms. The minimum Gasteiger partial charge on any atom is -0.376 e. The fourth-order valence-electron chi connectivity index (χ4n) is 4.08. The first-order valence-electron chi connectivity index (χ1n) is 9.10. The molecule has 130 valence electrons. The monoisotopic (exact) mass is 331 g/mol. The summed E-state index contributed by atoms with van der Waals surface area (Å²) in [6, 6.07) is 19.4. The molecule has 0 aromatic heterocycles. The molecule has 1 nitrogen and oxygen atoms in total. The van der Waals surface area contributed by atoms with Gasteiger partial charge in [-0.3, -0.25) is 0 Å². The zero-order chi connectivity index (χ0) is 18.2. The van der Waals surface area contributed by atoms with Crippen molar-refractivity contribution >= 4 is 5.69 Å². The SMILES string of the molecule is CC1=C(C)C(c2ccccc2C(C)(C)Nc2ccccc2)C(C)=C1C. The molecule has 0 saturated carbocycles. The Kier molecular flexibility index (Phi) is 4.60. The highest BCUT2D eigenvalue weighted by Gasteiger charge is 2.31. The molecule has 0 heterocycles. The van der Waals surface area contributed by atoms with Gasteiger partial charge in [0, 0.05) is 11.6 Å². The molecule has 0 aliphatic heterocycles. The van der Waals surface area contributed by atoms with Gasteiger partial charge in [-0.05, 0) is 75.9 Å². The molecule has 0 radical (unpaired) electrons. The van der Waals surface area contributed by atoms with Crippen LogP contribution >= 0.6 is 0 Å². The first kappa shape index (κ1) is 17.5. The van der Waals surface area contributed by atoms with Crippen molar-refractivity contribution in [2.24, 2.45) is 0 Å². The van der Waals surface area contributed by atoms with Crippen LogP contribution in [0.4, 0.5) is 5.69 Å². The van der Waals surface area contributed by atoms with Gasteiger partial charge in [0.2, 0.25) is 0 Å². The van der Waals surface area contributed by atoms with Crippen LogP contribution in [0, 0.1) is 0 Å². The highest BCUT2D eigenvalue weighted by molar-refractivity contribution is 5.57. The van der Waals surface area contributed by atoms with Gasteiger partial charge in [0.05, 0.1) is 5.54 Å². The molecule has 0 saturated heterocycles. The fraction of sp³-hybridized carbons (Fsp3) is 0.333. The van der Waals surface area contributed by atoms with E-state index < -0.39 is 0 Å². The molecular formula is C24H29N. The van der Waals surface area contributed by atoms with Crippen molar-refractivity contribution in [3.63, 3.8) is 0 Å². The summed E-state index contributed by atoms with van der Waals surface area (Å²) in [6.07, 6.45) is 0. The number of hydrogen-bond donors (Lipinski definition) is 1. The van der Waals surface area contributed by atoms with Crippen LogP contribution in [-0.2, 0) is 5.54 Å². The summed E-state index contributed by atoms with van der Waals surface area (Å²) in [5.41, 5.74) is 9.66. The maximum absolute atomic E-state index is 3.72. The Balaban J connectivity index is 2.05. The van der Waals surface area contributed by atoms with E-state index in [0.29, 0.717) is 5.92 Å². The number of nitrogens with one attached hydrogen (secondary N) is 1. The van der Waals surface area contributed by atoms with Gasteiger partial charge in [0.15, 0.2) is 0 Å². The van der Waals surface area contributed by atoms with Crippen LogP contribution < -0.4 is 5.32 Å². The van der Waals surface area contributed by atoms with E-state index in [4.69, 9.17) is 0 Å². The second-order valence-corrected chi connectivity index (χ2v) is 7.75. The van der Waals surface area contributed by atoms with Crippen LogP contribution in [0.3, 0.4) is 0 Å². The van der Waals surface area contributed by atoms with Crippen molar-refractivity contribution in [1.29, 1.82) is 0 Å². The minimum atomic E-state index is -0.150. The van der Waals surface area contributed by atoms with Crippen LogP contribution in [-0.4, -0.2) is 0 Å². The van der Waals surface area contributed by atoms with Crippen LogP contribution in [0.25, 0.3) is 0 Å². The average Bonchev–Trinajstić information content (AvgIpc) is 2.79. The van der Waals surface area contributed by atoms with E-state index in [2.05, 4.69) is 101 Å². The zero-order valence-electron chi connectivity index (χ0n) is 16.3. The van der Waals surface area contributed by atoms with Gasteiger partial charge in [-0.2, -0.15) is 0 Å². The van der Waals surface area contributed by atoms with Crippen molar-refractivity contribution in [3.8, 4) is 0 Å². The number of anilines is 1. The lowest BCUT2D eigenvalue weighted by Gasteiger charge is -2.32. The Morgan fingerprint density at radius 3 is 1.84 bits per heavy atom. The van der Waals surface area contributed by atoms with Gasteiger partial charge in [-0.1, -0.05) is 53.6 Å². The summed E-state index contributed by atoms with van der Waals surface area (Å²) in [6.45, 7) is 13.6. The lowest BCUT2D eigenvalue weighted by Crippen LogP contribution is -2.30. The van der Waals surface area contributed by atoms with E-state index in [1.807, 2.05) is 0 Å². The number of rotatable bonds is 4. The summed E-state index contributed by atoms with van der Waals surface area (Å²) in [5, 5.41) is 3.72. The van der Waals surface area contributed by atoms with E-state index >= 15 is 0 Å². The summed E-state index contributed by atoms with van der Waals surface area (Å²) >= 11 is 0. The maximum atomic E-state index is 3.72. The van der Waals surface area contributed by atoms with Gasteiger partial charge in [-0.15, -0.1) is 0 Å². The summed E-state index contributed by atoms with van der Waals surface area (Å²) in [5.74, 6) is 0.396. The second-order valence-electron chi connectivity index (χ2n) is 7.75. The molecule has 0 amide bonds.